The molecular weight excluding hydrogens is 352 g/mol. The lowest BCUT2D eigenvalue weighted by molar-refractivity contribution is -0.127. The molecule has 0 unspecified atom stereocenters. The molecule has 1 aliphatic heterocycles. The first-order valence-electron chi connectivity index (χ1n) is 10.1. The van der Waals surface area contributed by atoms with Gasteiger partial charge in [-0.1, -0.05) is 24.3 Å². The zero-order chi connectivity index (χ0) is 19.5. The number of carbonyl (C=O) groups is 2. The average Bonchev–Trinajstić information content (AvgIpc) is 3.11. The Morgan fingerprint density at radius 2 is 1.96 bits per heavy atom. The van der Waals surface area contributed by atoms with Crippen LogP contribution in [0.1, 0.15) is 43.4 Å². The molecule has 5 heteroatoms. The van der Waals surface area contributed by atoms with E-state index in [-0.39, 0.29) is 30.2 Å². The summed E-state index contributed by atoms with van der Waals surface area (Å²) in [6.45, 7) is 2.97. The number of nitrogens with one attached hydrogen (secondary N) is 1. The second-order valence-electron chi connectivity index (χ2n) is 7.48. The van der Waals surface area contributed by atoms with Crippen LogP contribution in [0.4, 0.5) is 5.69 Å². The Bertz CT molecular complexity index is 862. The molecule has 2 atom stereocenters. The van der Waals surface area contributed by atoms with E-state index in [1.54, 1.807) is 4.90 Å². The van der Waals surface area contributed by atoms with Crippen molar-refractivity contribution in [3.8, 4) is 5.75 Å². The number of nitrogens with zero attached hydrogens (tertiary/aromatic N) is 1. The molecule has 2 aromatic carbocycles. The fourth-order valence-corrected chi connectivity index (χ4v) is 4.22. The van der Waals surface area contributed by atoms with E-state index in [0.717, 1.165) is 30.7 Å². The number of hydrogen-bond donors (Lipinski definition) is 1. The van der Waals surface area contributed by atoms with Crippen LogP contribution in [0.3, 0.4) is 0 Å². The number of ether oxygens (including phenoxy) is 1. The highest BCUT2D eigenvalue weighted by molar-refractivity contribution is 6.00. The molecule has 0 radical (unpaired) electrons. The predicted molar refractivity (Wildman–Crippen MR) is 108 cm³/mol. The maximum absolute atomic E-state index is 12.9. The van der Waals surface area contributed by atoms with Crippen molar-refractivity contribution in [2.75, 3.05) is 18.1 Å². The van der Waals surface area contributed by atoms with Crippen molar-refractivity contribution in [2.24, 2.45) is 5.92 Å². The molecule has 0 bridgehead atoms. The van der Waals surface area contributed by atoms with Crippen molar-refractivity contribution in [3.63, 3.8) is 0 Å². The number of aryl methyl sites for hydroxylation is 1. The molecule has 1 N–H and O–H groups in total. The highest BCUT2D eigenvalue weighted by Crippen LogP contribution is 2.31. The average molecular weight is 378 g/mol. The molecule has 0 aromatic heterocycles. The summed E-state index contributed by atoms with van der Waals surface area (Å²) in [5, 5.41) is 3.20. The van der Waals surface area contributed by atoms with Crippen LogP contribution in [0.2, 0.25) is 0 Å². The predicted octanol–water partition coefficient (Wildman–Crippen LogP) is 3.63. The Morgan fingerprint density at radius 1 is 1.18 bits per heavy atom. The van der Waals surface area contributed by atoms with Gasteiger partial charge in [-0.2, -0.15) is 0 Å². The standard InChI is InChI=1S/C23H26N2O3/c1-2-28-19-12-10-18(11-13-19)25-15-17(14-22(25)26)23(27)24-21-9-5-7-16-6-3-4-8-20(16)21/h3-4,6,8,10-13,17,21H,2,5,7,9,14-15H2,1H3,(H,24,27)/t17-,21+/m1/s1. The minimum atomic E-state index is -0.312. The number of carbonyl (C=O) groups excluding carboxylic acids is 2. The fourth-order valence-electron chi connectivity index (χ4n) is 4.22. The first-order valence-corrected chi connectivity index (χ1v) is 10.1. The SMILES string of the molecule is CCOc1ccc(N2C[C@H](C(=O)N[C@H]3CCCc4ccccc43)CC2=O)cc1. The van der Waals surface area contributed by atoms with Gasteiger partial charge in [0.15, 0.2) is 0 Å². The van der Waals surface area contributed by atoms with Crippen molar-refractivity contribution in [2.45, 2.75) is 38.6 Å². The summed E-state index contributed by atoms with van der Waals surface area (Å²) in [5.74, 6) is 0.438. The van der Waals surface area contributed by atoms with Gasteiger partial charge in [0.2, 0.25) is 11.8 Å². The molecule has 1 saturated heterocycles. The Morgan fingerprint density at radius 3 is 2.75 bits per heavy atom. The molecule has 146 valence electrons. The summed E-state index contributed by atoms with van der Waals surface area (Å²) in [5.41, 5.74) is 3.35. The maximum atomic E-state index is 12.9. The van der Waals surface area contributed by atoms with Crippen LogP contribution < -0.4 is 15.0 Å². The van der Waals surface area contributed by atoms with E-state index in [2.05, 4.69) is 17.4 Å². The third-order valence-corrected chi connectivity index (χ3v) is 5.64. The van der Waals surface area contributed by atoms with Gasteiger partial charge in [0.1, 0.15) is 5.75 Å². The van der Waals surface area contributed by atoms with Crippen molar-refractivity contribution < 1.29 is 14.3 Å². The second kappa shape index (κ2) is 8.05. The van der Waals surface area contributed by atoms with Crippen LogP contribution in [0.5, 0.6) is 5.75 Å². The van der Waals surface area contributed by atoms with E-state index in [9.17, 15) is 9.59 Å². The molecule has 0 spiro atoms. The van der Waals surface area contributed by atoms with Gasteiger partial charge in [0, 0.05) is 18.7 Å². The Kier molecular flexibility index (Phi) is 5.33. The number of benzene rings is 2. The Balaban J connectivity index is 1.42. The van der Waals surface area contributed by atoms with Crippen LogP contribution in [0.15, 0.2) is 48.5 Å². The number of hydrogen-bond acceptors (Lipinski definition) is 3. The summed E-state index contributed by atoms with van der Waals surface area (Å²) in [7, 11) is 0. The fraction of sp³-hybridized carbons (Fsp3) is 0.391. The smallest absolute Gasteiger partial charge is 0.227 e. The number of amides is 2. The van der Waals surface area contributed by atoms with E-state index in [1.165, 1.54) is 11.1 Å². The van der Waals surface area contributed by atoms with E-state index >= 15 is 0 Å². The third-order valence-electron chi connectivity index (χ3n) is 5.64. The van der Waals surface area contributed by atoms with Gasteiger partial charge in [-0.15, -0.1) is 0 Å². The number of anilines is 1. The van der Waals surface area contributed by atoms with Crippen LogP contribution in [0.25, 0.3) is 0 Å². The second-order valence-corrected chi connectivity index (χ2v) is 7.48. The van der Waals surface area contributed by atoms with Gasteiger partial charge in [0.25, 0.3) is 0 Å². The number of rotatable bonds is 5. The van der Waals surface area contributed by atoms with Crippen molar-refractivity contribution in [1.29, 1.82) is 0 Å². The zero-order valence-electron chi connectivity index (χ0n) is 16.2. The monoisotopic (exact) mass is 378 g/mol. The van der Waals surface area contributed by atoms with Gasteiger partial charge in [0.05, 0.1) is 18.6 Å². The molecule has 28 heavy (non-hydrogen) atoms. The number of fused-ring (bicyclic) bond motifs is 1. The largest absolute Gasteiger partial charge is 0.494 e. The normalized spacial score (nSPS) is 21.3. The summed E-state index contributed by atoms with van der Waals surface area (Å²) in [6, 6.07) is 15.8. The van der Waals surface area contributed by atoms with Crippen molar-refractivity contribution in [1.82, 2.24) is 5.32 Å². The summed E-state index contributed by atoms with van der Waals surface area (Å²) < 4.78 is 5.46. The molecule has 2 aliphatic rings. The summed E-state index contributed by atoms with van der Waals surface area (Å²) >= 11 is 0. The molecule has 4 rings (SSSR count). The molecule has 1 heterocycles. The van der Waals surface area contributed by atoms with Crippen LogP contribution in [-0.4, -0.2) is 25.0 Å². The molecule has 2 aromatic rings. The molecular formula is C23H26N2O3. The lowest BCUT2D eigenvalue weighted by atomic mass is 9.87. The van der Waals surface area contributed by atoms with Gasteiger partial charge < -0.3 is 15.0 Å². The van der Waals surface area contributed by atoms with E-state index in [0.29, 0.717) is 13.2 Å². The lowest BCUT2D eigenvalue weighted by Gasteiger charge is -2.27. The van der Waals surface area contributed by atoms with Crippen molar-refractivity contribution in [3.05, 3.63) is 59.7 Å². The molecule has 2 amide bonds. The van der Waals surface area contributed by atoms with E-state index in [4.69, 9.17) is 4.74 Å². The van der Waals surface area contributed by atoms with Gasteiger partial charge >= 0.3 is 0 Å². The highest BCUT2D eigenvalue weighted by Gasteiger charge is 2.36. The lowest BCUT2D eigenvalue weighted by Crippen LogP contribution is -2.36. The Labute approximate surface area is 165 Å². The van der Waals surface area contributed by atoms with Crippen molar-refractivity contribution >= 4 is 17.5 Å². The van der Waals surface area contributed by atoms with Gasteiger partial charge in [-0.3, -0.25) is 9.59 Å². The Hall–Kier alpha value is -2.82. The maximum Gasteiger partial charge on any atom is 0.227 e. The topological polar surface area (TPSA) is 58.6 Å². The van der Waals surface area contributed by atoms with Crippen LogP contribution >= 0.6 is 0 Å². The quantitative estimate of drug-likeness (QED) is 0.864. The summed E-state index contributed by atoms with van der Waals surface area (Å²) in [6.07, 6.45) is 3.35. The van der Waals surface area contributed by atoms with Gasteiger partial charge in [-0.25, -0.2) is 0 Å². The third kappa shape index (κ3) is 3.75. The minimum Gasteiger partial charge on any atom is -0.494 e. The summed E-state index contributed by atoms with van der Waals surface area (Å²) in [4.78, 5) is 27.1. The van der Waals surface area contributed by atoms with Crippen LogP contribution in [-0.2, 0) is 16.0 Å². The highest BCUT2D eigenvalue weighted by atomic mass is 16.5. The molecule has 1 fully saturated rings. The van der Waals surface area contributed by atoms with E-state index < -0.39 is 0 Å². The first kappa shape index (κ1) is 18.5. The molecule has 1 aliphatic carbocycles. The van der Waals surface area contributed by atoms with Gasteiger partial charge in [-0.05, 0) is 61.6 Å². The minimum absolute atomic E-state index is 0.00615. The van der Waals surface area contributed by atoms with Crippen LogP contribution in [0, 0.1) is 5.92 Å². The molecule has 0 saturated carbocycles. The zero-order valence-corrected chi connectivity index (χ0v) is 16.2. The first-order chi connectivity index (χ1) is 13.7. The van der Waals surface area contributed by atoms with E-state index in [1.807, 2.05) is 43.3 Å². The molecule has 5 nitrogen and oxygen atoms in total.